The zero-order valence-corrected chi connectivity index (χ0v) is 30.7. The van der Waals surface area contributed by atoms with Crippen LogP contribution in [0.1, 0.15) is 89.2 Å². The molecule has 3 aliphatic rings. The van der Waals surface area contributed by atoms with Crippen molar-refractivity contribution in [3.8, 4) is 0 Å². The highest BCUT2D eigenvalue weighted by molar-refractivity contribution is 7.19. The number of carbonyl (C=O) groups is 2. The van der Waals surface area contributed by atoms with Crippen molar-refractivity contribution in [2.75, 3.05) is 39.3 Å². The van der Waals surface area contributed by atoms with Crippen LogP contribution in [0.25, 0.3) is 10.1 Å². The highest BCUT2D eigenvalue weighted by Crippen LogP contribution is 2.38. The summed E-state index contributed by atoms with van der Waals surface area (Å²) in [6.07, 6.45) is 7.62. The topological polar surface area (TPSA) is 77.5 Å². The second-order valence-electron chi connectivity index (χ2n) is 14.9. The number of hydrogen-bond acceptors (Lipinski definition) is 8. The Bertz CT molecular complexity index is 1550. The SMILES string of the molecule is CC(C)N[C@H](CCCCN1CCCCC1)C(=O)N1CCN(C2=NC(C)(C)C(c3ccccc3)O2)C[C@H]1C(=O)CCc1cc2ccccc2s1. The summed E-state index contributed by atoms with van der Waals surface area (Å²) in [5, 5.41) is 4.79. The summed E-state index contributed by atoms with van der Waals surface area (Å²) < 4.78 is 7.79. The molecule has 8 nitrogen and oxygen atoms in total. The smallest absolute Gasteiger partial charge is 0.288 e. The lowest BCUT2D eigenvalue weighted by atomic mass is 9.93. The molecule has 1 N–H and O–H groups in total. The fraction of sp³-hybridized carbons (Fsp3) is 0.575. The number of piperidine rings is 1. The van der Waals surface area contributed by atoms with Crippen LogP contribution in [0.2, 0.25) is 0 Å². The number of unbranched alkanes of at least 4 members (excludes halogenated alkanes) is 1. The number of aryl methyl sites for hydroxylation is 1. The van der Waals surface area contributed by atoms with Gasteiger partial charge >= 0.3 is 0 Å². The van der Waals surface area contributed by atoms with Crippen LogP contribution in [0.15, 0.2) is 65.7 Å². The summed E-state index contributed by atoms with van der Waals surface area (Å²) in [5.41, 5.74) is 0.629. The first-order chi connectivity index (χ1) is 23.7. The van der Waals surface area contributed by atoms with Gasteiger partial charge in [-0.15, -0.1) is 11.3 Å². The van der Waals surface area contributed by atoms with Gasteiger partial charge in [-0.05, 0) is 88.7 Å². The quantitative estimate of drug-likeness (QED) is 0.199. The van der Waals surface area contributed by atoms with E-state index in [-0.39, 0.29) is 29.9 Å². The number of nitrogens with zero attached hydrogens (tertiary/aromatic N) is 4. The molecule has 0 aliphatic carbocycles. The summed E-state index contributed by atoms with van der Waals surface area (Å²) in [5.74, 6) is 0.143. The number of likely N-dealkylation sites (tertiary alicyclic amines) is 1. The van der Waals surface area contributed by atoms with E-state index in [9.17, 15) is 9.59 Å². The van der Waals surface area contributed by atoms with E-state index in [1.807, 2.05) is 23.1 Å². The fourth-order valence-corrected chi connectivity index (χ4v) is 8.71. The van der Waals surface area contributed by atoms with Crippen LogP contribution in [0.5, 0.6) is 0 Å². The molecule has 1 amide bonds. The fourth-order valence-electron chi connectivity index (χ4n) is 7.65. The number of benzene rings is 2. The molecular formula is C40H55N5O3S. The largest absolute Gasteiger partial charge is 0.454 e. The van der Waals surface area contributed by atoms with E-state index < -0.39 is 11.6 Å². The molecule has 2 aromatic carbocycles. The third-order valence-electron chi connectivity index (χ3n) is 10.2. The van der Waals surface area contributed by atoms with E-state index in [0.717, 1.165) is 31.4 Å². The molecule has 49 heavy (non-hydrogen) atoms. The molecule has 0 spiro atoms. The van der Waals surface area contributed by atoms with Crippen LogP contribution in [0, 0.1) is 0 Å². The van der Waals surface area contributed by atoms with Crippen molar-refractivity contribution in [1.29, 1.82) is 0 Å². The molecule has 0 bridgehead atoms. The van der Waals surface area contributed by atoms with Gasteiger partial charge in [0.2, 0.25) is 5.91 Å². The van der Waals surface area contributed by atoms with Gasteiger partial charge in [0.1, 0.15) is 11.6 Å². The molecule has 3 atom stereocenters. The summed E-state index contributed by atoms with van der Waals surface area (Å²) in [6, 6.07) is 20.6. The van der Waals surface area contributed by atoms with E-state index >= 15 is 0 Å². The van der Waals surface area contributed by atoms with Gasteiger partial charge in [-0.2, -0.15) is 0 Å². The van der Waals surface area contributed by atoms with Gasteiger partial charge in [0.05, 0.1) is 6.04 Å². The molecule has 6 rings (SSSR count). The molecule has 1 aromatic heterocycles. The molecule has 264 valence electrons. The first-order valence-electron chi connectivity index (χ1n) is 18.5. The minimum absolute atomic E-state index is 0.0447. The Labute approximate surface area is 296 Å². The molecule has 3 aliphatic heterocycles. The van der Waals surface area contributed by atoms with Crippen molar-refractivity contribution in [3.05, 3.63) is 71.1 Å². The molecule has 3 aromatic rings. The molecular weight excluding hydrogens is 631 g/mol. The lowest BCUT2D eigenvalue weighted by Crippen LogP contribution is -2.62. The number of rotatable bonds is 13. The van der Waals surface area contributed by atoms with Crippen LogP contribution in [0.4, 0.5) is 0 Å². The average Bonchev–Trinajstić information content (AvgIpc) is 3.68. The van der Waals surface area contributed by atoms with E-state index in [4.69, 9.17) is 9.73 Å². The van der Waals surface area contributed by atoms with E-state index in [1.165, 1.54) is 47.3 Å². The van der Waals surface area contributed by atoms with Gasteiger partial charge in [-0.3, -0.25) is 9.59 Å². The monoisotopic (exact) mass is 685 g/mol. The third kappa shape index (κ3) is 8.91. The predicted octanol–water partition coefficient (Wildman–Crippen LogP) is 6.84. The minimum atomic E-state index is -0.564. The Morgan fingerprint density at radius 2 is 1.73 bits per heavy atom. The highest BCUT2D eigenvalue weighted by Gasteiger charge is 2.44. The predicted molar refractivity (Wildman–Crippen MR) is 200 cm³/mol. The first kappa shape index (κ1) is 35.6. The maximum Gasteiger partial charge on any atom is 0.288 e. The third-order valence-corrected chi connectivity index (χ3v) is 11.4. The summed E-state index contributed by atoms with van der Waals surface area (Å²) in [6.45, 7) is 13.3. The first-order valence-corrected chi connectivity index (χ1v) is 19.3. The molecule has 4 heterocycles. The standard InChI is InChI=1S/C40H55N5O3S/c1-29(2)41-33(18-11-14-24-43-22-12-6-13-23-43)38(47)45-26-25-44(39-42-40(3,4)37(48-39)30-15-7-5-8-16-30)28-34(45)35(46)21-20-32-27-31-17-9-10-19-36(31)49-32/h5,7-10,15-17,19,27,29,33-34,37,41H,6,11-14,18,20-26,28H2,1-4H3/t33-,34+,37?/m1/s1. The number of carbonyl (C=O) groups excluding carboxylic acids is 2. The van der Waals surface area contributed by atoms with Crippen molar-refractivity contribution in [1.82, 2.24) is 20.0 Å². The van der Waals surface area contributed by atoms with Gasteiger partial charge in [0.15, 0.2) is 11.9 Å². The molecule has 0 saturated carbocycles. The van der Waals surface area contributed by atoms with Gasteiger partial charge in [-0.1, -0.05) is 75.2 Å². The number of hydrogen-bond donors (Lipinski definition) is 1. The summed E-state index contributed by atoms with van der Waals surface area (Å²) in [7, 11) is 0. The Morgan fingerprint density at radius 3 is 2.49 bits per heavy atom. The van der Waals surface area contributed by atoms with Crippen molar-refractivity contribution in [2.24, 2.45) is 4.99 Å². The van der Waals surface area contributed by atoms with E-state index in [1.54, 1.807) is 11.3 Å². The molecule has 9 heteroatoms. The number of amidine groups is 1. The van der Waals surface area contributed by atoms with Crippen molar-refractivity contribution in [2.45, 2.75) is 109 Å². The van der Waals surface area contributed by atoms with Gasteiger partial charge in [0, 0.05) is 41.7 Å². The Morgan fingerprint density at radius 1 is 0.980 bits per heavy atom. The zero-order valence-electron chi connectivity index (χ0n) is 29.9. The number of amides is 1. The maximum absolute atomic E-state index is 14.4. The summed E-state index contributed by atoms with van der Waals surface area (Å²) in [4.78, 5) is 41.4. The Balaban J connectivity index is 1.17. The number of piperazine rings is 1. The minimum Gasteiger partial charge on any atom is -0.454 e. The average molecular weight is 686 g/mol. The van der Waals surface area contributed by atoms with Gasteiger partial charge in [-0.25, -0.2) is 4.99 Å². The lowest BCUT2D eigenvalue weighted by molar-refractivity contribution is -0.144. The number of fused-ring (bicyclic) bond motifs is 1. The number of nitrogens with one attached hydrogen (secondary N) is 1. The maximum atomic E-state index is 14.4. The Hall–Kier alpha value is -3.27. The van der Waals surface area contributed by atoms with Crippen LogP contribution in [0.3, 0.4) is 0 Å². The summed E-state index contributed by atoms with van der Waals surface area (Å²) >= 11 is 1.75. The number of Topliss-reactive ketones (excluding diaryl/α,β-unsaturated/α-hetero) is 1. The molecule has 0 radical (unpaired) electrons. The molecule has 2 saturated heterocycles. The van der Waals surface area contributed by atoms with Crippen molar-refractivity contribution in [3.63, 3.8) is 0 Å². The van der Waals surface area contributed by atoms with Crippen LogP contribution in [-0.2, 0) is 20.7 Å². The van der Waals surface area contributed by atoms with Crippen molar-refractivity contribution < 1.29 is 14.3 Å². The van der Waals surface area contributed by atoms with Crippen LogP contribution < -0.4 is 5.32 Å². The number of ether oxygens (including phenoxy) is 1. The normalized spacial score (nSPS) is 21.9. The lowest BCUT2D eigenvalue weighted by Gasteiger charge is -2.42. The molecule has 1 unspecified atom stereocenters. The highest BCUT2D eigenvalue weighted by atomic mass is 32.1. The number of aliphatic imine (C=N–C) groups is 1. The van der Waals surface area contributed by atoms with E-state index in [2.05, 4.69) is 85.3 Å². The number of ketones is 1. The van der Waals surface area contributed by atoms with Crippen LogP contribution >= 0.6 is 11.3 Å². The number of thiophene rings is 1. The van der Waals surface area contributed by atoms with Crippen LogP contribution in [-0.4, -0.2) is 95.3 Å². The second-order valence-corrected chi connectivity index (χ2v) is 16.1. The second kappa shape index (κ2) is 16.2. The zero-order chi connectivity index (χ0) is 34.4. The Kier molecular flexibility index (Phi) is 11.7. The van der Waals surface area contributed by atoms with E-state index in [0.29, 0.717) is 38.5 Å². The molecule has 2 fully saturated rings. The van der Waals surface area contributed by atoms with Gasteiger partial charge in [0.25, 0.3) is 6.02 Å². The van der Waals surface area contributed by atoms with Crippen molar-refractivity contribution >= 4 is 39.1 Å². The van der Waals surface area contributed by atoms with Gasteiger partial charge < -0.3 is 24.8 Å².